The lowest BCUT2D eigenvalue weighted by molar-refractivity contribution is -0.120. The van der Waals surface area contributed by atoms with Gasteiger partial charge in [0.1, 0.15) is 0 Å². The van der Waals surface area contributed by atoms with Crippen LogP contribution in [0.2, 0.25) is 0 Å². The summed E-state index contributed by atoms with van der Waals surface area (Å²) in [6.07, 6.45) is 5.99. The fraction of sp³-hybridized carbons (Fsp3) is 0.600. The van der Waals surface area contributed by atoms with Crippen LogP contribution < -0.4 is 22.0 Å². The lowest BCUT2D eigenvalue weighted by Gasteiger charge is -2.42. The Morgan fingerprint density at radius 1 is 1.45 bits per heavy atom. The maximum absolute atomic E-state index is 12.4. The molecule has 1 aliphatic carbocycles. The molecule has 3 unspecified atom stereocenters. The van der Waals surface area contributed by atoms with Gasteiger partial charge in [-0.05, 0) is 37.3 Å². The van der Waals surface area contributed by atoms with E-state index in [0.717, 1.165) is 25.7 Å². The highest BCUT2D eigenvalue weighted by Gasteiger charge is 2.35. The molecule has 0 aromatic carbocycles. The number of hydrogen-bond acceptors (Lipinski definition) is 10. The van der Waals surface area contributed by atoms with E-state index in [2.05, 4.69) is 42.0 Å². The zero-order chi connectivity index (χ0) is 23.8. The number of hydrogen-bond donors (Lipinski definition) is 4. The number of nitrogens with two attached hydrogens (primary N) is 1. The van der Waals surface area contributed by atoms with Crippen LogP contribution in [0.3, 0.4) is 0 Å². The van der Waals surface area contributed by atoms with Gasteiger partial charge in [-0.25, -0.2) is 0 Å². The molecule has 33 heavy (non-hydrogen) atoms. The van der Waals surface area contributed by atoms with E-state index in [1.807, 2.05) is 0 Å². The Morgan fingerprint density at radius 2 is 2.27 bits per heavy atom. The Kier molecular flexibility index (Phi) is 9.62. The van der Waals surface area contributed by atoms with Gasteiger partial charge in [0.15, 0.2) is 0 Å². The number of thioether (sulfide) groups is 1. The van der Waals surface area contributed by atoms with Crippen molar-refractivity contribution < 1.29 is 9.59 Å². The molecule has 1 aromatic rings. The molecule has 3 rings (SSSR count). The first-order valence-corrected chi connectivity index (χ1v) is 13.2. The molecule has 1 aromatic heterocycles. The average Bonchev–Trinajstić information content (AvgIpc) is 2.78. The van der Waals surface area contributed by atoms with Gasteiger partial charge in [0, 0.05) is 49.6 Å². The quantitative estimate of drug-likeness (QED) is 0.199. The van der Waals surface area contributed by atoms with E-state index in [9.17, 15) is 9.59 Å². The van der Waals surface area contributed by atoms with Gasteiger partial charge in [0.2, 0.25) is 5.91 Å². The second-order valence-electron chi connectivity index (χ2n) is 8.14. The number of rotatable bonds is 11. The van der Waals surface area contributed by atoms with Gasteiger partial charge in [-0.15, -0.1) is 21.8 Å². The summed E-state index contributed by atoms with van der Waals surface area (Å²) in [7, 11) is 3.15. The summed E-state index contributed by atoms with van der Waals surface area (Å²) in [4.78, 5) is 30.1. The van der Waals surface area contributed by atoms with Crippen molar-refractivity contribution in [1.29, 1.82) is 0 Å². The molecule has 1 saturated carbocycles. The zero-order valence-corrected chi connectivity index (χ0v) is 20.7. The molecular weight excluding hydrogens is 462 g/mol. The summed E-state index contributed by atoms with van der Waals surface area (Å²) in [5.74, 6) is 1.15. The van der Waals surface area contributed by atoms with Crippen molar-refractivity contribution in [2.24, 2.45) is 21.2 Å². The standard InChI is InChI=1S/C20H33N9O2S2/c1-22-25-19(14-5-4-6-17(9-14)29-26-27-33(29)12-21)32-13-24-18(30)10-16-8-7-15(11-23-16)20(31)28(2)3/h7-8,11,14,17,19,25-26H,1,4-6,9-10,12-13,21H2,2-3H3,(H,24,30)/t14?,17-,19?,33?/m0/s1. The number of nitrogens with zero attached hydrogens (tertiary/aromatic N) is 5. The lowest BCUT2D eigenvalue weighted by atomic mass is 9.86. The summed E-state index contributed by atoms with van der Waals surface area (Å²) >= 11 is 1.61. The number of hydrazine groups is 1. The highest BCUT2D eigenvalue weighted by molar-refractivity contribution is 7.99. The first-order chi connectivity index (χ1) is 15.9. The van der Waals surface area contributed by atoms with Gasteiger partial charge in [-0.2, -0.15) is 9.52 Å². The third kappa shape index (κ3) is 6.96. The Bertz CT molecular complexity index is 866. The van der Waals surface area contributed by atoms with E-state index in [1.54, 1.807) is 38.0 Å². The minimum absolute atomic E-state index is 0.0536. The largest absolute Gasteiger partial charge is 0.347 e. The fourth-order valence-electron chi connectivity index (χ4n) is 3.93. The van der Waals surface area contributed by atoms with Gasteiger partial charge < -0.3 is 16.0 Å². The summed E-state index contributed by atoms with van der Waals surface area (Å²) < 4.78 is 6.41. The minimum Gasteiger partial charge on any atom is -0.347 e. The summed E-state index contributed by atoms with van der Waals surface area (Å²) in [5, 5.41) is 6.90. The molecule has 1 aliphatic heterocycles. The topological polar surface area (TPSA) is 140 Å². The van der Waals surface area contributed by atoms with Gasteiger partial charge >= 0.3 is 0 Å². The van der Waals surface area contributed by atoms with Gasteiger partial charge in [-0.3, -0.25) is 20.0 Å². The monoisotopic (exact) mass is 495 g/mol. The molecule has 11 nitrogen and oxygen atoms in total. The van der Waals surface area contributed by atoms with Crippen LogP contribution in [-0.4, -0.2) is 70.1 Å². The zero-order valence-electron chi connectivity index (χ0n) is 19.1. The summed E-state index contributed by atoms with van der Waals surface area (Å²) in [6, 6.07) is 3.80. The van der Waals surface area contributed by atoms with Crippen molar-refractivity contribution in [3.05, 3.63) is 29.6 Å². The van der Waals surface area contributed by atoms with Crippen molar-refractivity contribution in [3.63, 3.8) is 0 Å². The lowest BCUT2D eigenvalue weighted by Crippen LogP contribution is -2.55. The van der Waals surface area contributed by atoms with Crippen molar-refractivity contribution in [3.8, 4) is 0 Å². The molecule has 1 fully saturated rings. The van der Waals surface area contributed by atoms with Crippen LogP contribution in [0, 0.1) is 5.92 Å². The van der Waals surface area contributed by atoms with E-state index in [1.165, 1.54) is 11.1 Å². The molecule has 0 radical (unpaired) electrons. The van der Waals surface area contributed by atoms with E-state index < -0.39 is 0 Å². The number of aromatic nitrogens is 1. The first kappa shape index (κ1) is 25.6. The van der Waals surface area contributed by atoms with Gasteiger partial charge in [0.25, 0.3) is 5.91 Å². The molecule has 2 heterocycles. The van der Waals surface area contributed by atoms with Crippen molar-refractivity contribution >= 4 is 41.2 Å². The highest BCUT2D eigenvalue weighted by atomic mass is 32.2. The van der Waals surface area contributed by atoms with Crippen LogP contribution in [0.25, 0.3) is 0 Å². The van der Waals surface area contributed by atoms with Crippen molar-refractivity contribution in [1.82, 2.24) is 30.6 Å². The predicted molar refractivity (Wildman–Crippen MR) is 133 cm³/mol. The molecule has 4 atom stereocenters. The number of carbonyl (C=O) groups excluding carboxylic acids is 2. The third-order valence-electron chi connectivity index (χ3n) is 5.64. The maximum Gasteiger partial charge on any atom is 0.254 e. The summed E-state index contributed by atoms with van der Waals surface area (Å²) in [5.41, 5.74) is 13.1. The number of hydrazone groups is 1. The van der Waals surface area contributed by atoms with Crippen LogP contribution in [0.4, 0.5) is 0 Å². The van der Waals surface area contributed by atoms with Crippen LogP contribution >= 0.6 is 11.8 Å². The van der Waals surface area contributed by atoms with E-state index >= 15 is 0 Å². The maximum atomic E-state index is 12.4. The number of carbonyl (C=O) groups is 2. The number of pyridine rings is 1. The van der Waals surface area contributed by atoms with Gasteiger partial charge in [-0.1, -0.05) is 6.42 Å². The normalized spacial score (nSPS) is 23.5. The second-order valence-corrected chi connectivity index (χ2v) is 10.9. The van der Waals surface area contributed by atoms with Crippen LogP contribution in [0.5, 0.6) is 0 Å². The number of nitrogens with one attached hydrogen (secondary N) is 3. The van der Waals surface area contributed by atoms with E-state index in [4.69, 9.17) is 5.73 Å². The molecular formula is C20H33N9O2S2. The molecule has 13 heteroatoms. The molecule has 182 valence electrons. The molecule has 2 amide bonds. The molecule has 0 saturated heterocycles. The minimum atomic E-state index is -0.230. The van der Waals surface area contributed by atoms with Crippen molar-refractivity contribution in [2.75, 3.05) is 25.8 Å². The molecule has 0 spiro atoms. The SMILES string of the molecule is C=NNC(SCNC(=O)Cc1ccc(C(=O)N(C)C)cn1)C1CCC[C@H](N2NN=S2CN)C1. The van der Waals surface area contributed by atoms with Crippen LogP contribution in [-0.2, 0) is 22.1 Å². The molecule has 2 aliphatic rings. The second kappa shape index (κ2) is 12.4. The van der Waals surface area contributed by atoms with Gasteiger partial charge in [0.05, 0.1) is 29.1 Å². The van der Waals surface area contributed by atoms with E-state index in [0.29, 0.717) is 35.0 Å². The summed E-state index contributed by atoms with van der Waals surface area (Å²) in [6.45, 7) is 3.58. The third-order valence-corrected chi connectivity index (χ3v) is 8.22. The Morgan fingerprint density at radius 3 is 2.88 bits per heavy atom. The smallest absolute Gasteiger partial charge is 0.254 e. The Labute approximate surface area is 201 Å². The average molecular weight is 496 g/mol. The number of amides is 2. The van der Waals surface area contributed by atoms with Crippen LogP contribution in [0.15, 0.2) is 27.9 Å². The highest BCUT2D eigenvalue weighted by Crippen LogP contribution is 2.34. The molecule has 0 bridgehead atoms. The predicted octanol–water partition coefficient (Wildman–Crippen LogP) is 0.591. The first-order valence-electron chi connectivity index (χ1n) is 10.9. The van der Waals surface area contributed by atoms with E-state index in [-0.39, 0.29) is 34.5 Å². The Hall–Kier alpha value is -2.06. The fourth-order valence-corrected chi connectivity index (χ4v) is 6.08. The Balaban J connectivity index is 1.46. The molecule has 5 N–H and O–H groups in total. The van der Waals surface area contributed by atoms with Crippen molar-refractivity contribution in [2.45, 2.75) is 43.5 Å². The van der Waals surface area contributed by atoms with Crippen LogP contribution in [0.1, 0.15) is 41.7 Å².